The molecule has 2 aromatic carbocycles. The summed E-state index contributed by atoms with van der Waals surface area (Å²) in [6.07, 6.45) is 13.0. The molecule has 33 heavy (non-hydrogen) atoms. The number of nitrogens with zero attached hydrogens (tertiary/aromatic N) is 2. The van der Waals surface area contributed by atoms with Crippen LogP contribution in [0.4, 0.5) is 5.69 Å². The Kier molecular flexibility index (Phi) is 5.80. The van der Waals surface area contributed by atoms with Gasteiger partial charge in [0.15, 0.2) is 0 Å². The number of pyridine rings is 1. The SMILES string of the molecule is CC(C)(C)c1cccc(N2CC=C(Oc3ccc4c(c3)CCCC4)C=C2c2cccnc2)c1. The predicted molar refractivity (Wildman–Crippen MR) is 136 cm³/mol. The Labute approximate surface area is 197 Å². The van der Waals surface area contributed by atoms with Gasteiger partial charge in [-0.05, 0) is 90.3 Å². The van der Waals surface area contributed by atoms with Gasteiger partial charge in [0.1, 0.15) is 11.5 Å². The highest BCUT2D eigenvalue weighted by atomic mass is 16.5. The largest absolute Gasteiger partial charge is 0.458 e. The fourth-order valence-corrected chi connectivity index (χ4v) is 4.67. The fraction of sp³-hybridized carbons (Fsp3) is 0.300. The first-order chi connectivity index (χ1) is 16.0. The van der Waals surface area contributed by atoms with E-state index in [0.717, 1.165) is 35.7 Å². The summed E-state index contributed by atoms with van der Waals surface area (Å²) >= 11 is 0. The van der Waals surface area contributed by atoms with E-state index in [2.05, 4.69) is 91.3 Å². The molecule has 0 spiro atoms. The maximum Gasteiger partial charge on any atom is 0.127 e. The Balaban J connectivity index is 1.47. The van der Waals surface area contributed by atoms with Crippen molar-refractivity contribution in [3.05, 3.63) is 107 Å². The second kappa shape index (κ2) is 8.90. The average molecular weight is 437 g/mol. The number of allylic oxidation sites excluding steroid dienone is 1. The third-order valence-corrected chi connectivity index (χ3v) is 6.58. The molecule has 3 aromatic rings. The molecule has 0 N–H and O–H groups in total. The minimum atomic E-state index is 0.0978. The van der Waals surface area contributed by atoms with Crippen molar-refractivity contribution in [2.45, 2.75) is 51.9 Å². The lowest BCUT2D eigenvalue weighted by Gasteiger charge is -2.31. The van der Waals surface area contributed by atoms with Crippen LogP contribution in [0.3, 0.4) is 0 Å². The molecule has 1 aromatic heterocycles. The summed E-state index contributed by atoms with van der Waals surface area (Å²) in [5.74, 6) is 1.81. The molecule has 0 bridgehead atoms. The minimum Gasteiger partial charge on any atom is -0.458 e. The molecule has 168 valence electrons. The van der Waals surface area contributed by atoms with E-state index in [9.17, 15) is 0 Å². The standard InChI is InChI=1S/C30H32N2O/c1-30(2,3)25-11-6-12-26(19-25)32-17-15-28(20-29(32)24-10-7-16-31-21-24)33-27-14-13-22-8-4-5-9-23(22)18-27/h6-7,10-16,18-21H,4-5,8-9,17H2,1-3H3. The Hall–Kier alpha value is -3.33. The normalized spacial score (nSPS) is 16.0. The number of aryl methyl sites for hydroxylation is 2. The minimum absolute atomic E-state index is 0.0978. The molecule has 1 aliphatic heterocycles. The summed E-state index contributed by atoms with van der Waals surface area (Å²) in [7, 11) is 0. The number of hydrogen-bond donors (Lipinski definition) is 0. The second-order valence-electron chi connectivity index (χ2n) is 10.0. The molecule has 3 heteroatoms. The van der Waals surface area contributed by atoms with Crippen LogP contribution in [-0.4, -0.2) is 11.5 Å². The van der Waals surface area contributed by atoms with Gasteiger partial charge in [-0.1, -0.05) is 39.0 Å². The summed E-state index contributed by atoms with van der Waals surface area (Å²) < 4.78 is 6.37. The number of aromatic nitrogens is 1. The molecule has 0 fully saturated rings. The van der Waals surface area contributed by atoms with Gasteiger partial charge in [0.05, 0.1) is 5.70 Å². The monoisotopic (exact) mass is 436 g/mol. The van der Waals surface area contributed by atoms with E-state index in [1.54, 1.807) is 0 Å². The third kappa shape index (κ3) is 4.73. The van der Waals surface area contributed by atoms with Crippen LogP contribution in [0.5, 0.6) is 5.75 Å². The molecule has 3 nitrogen and oxygen atoms in total. The molecular formula is C30H32N2O. The van der Waals surface area contributed by atoms with Gasteiger partial charge in [0.2, 0.25) is 0 Å². The lowest BCUT2D eigenvalue weighted by molar-refractivity contribution is 0.440. The predicted octanol–water partition coefficient (Wildman–Crippen LogP) is 7.08. The van der Waals surface area contributed by atoms with E-state index in [-0.39, 0.29) is 5.41 Å². The van der Waals surface area contributed by atoms with Crippen LogP contribution in [0.2, 0.25) is 0 Å². The van der Waals surface area contributed by atoms with Gasteiger partial charge in [-0.2, -0.15) is 0 Å². The Morgan fingerprint density at radius 1 is 0.909 bits per heavy atom. The second-order valence-corrected chi connectivity index (χ2v) is 10.0. The van der Waals surface area contributed by atoms with Gasteiger partial charge in [0.25, 0.3) is 0 Å². The lowest BCUT2D eigenvalue weighted by atomic mass is 9.87. The Morgan fingerprint density at radius 3 is 2.55 bits per heavy atom. The van der Waals surface area contributed by atoms with Gasteiger partial charge < -0.3 is 9.64 Å². The van der Waals surface area contributed by atoms with Gasteiger partial charge in [-0.3, -0.25) is 4.98 Å². The van der Waals surface area contributed by atoms with Crippen LogP contribution >= 0.6 is 0 Å². The first kappa shape index (κ1) is 21.5. The van der Waals surface area contributed by atoms with Crippen molar-refractivity contribution in [2.24, 2.45) is 0 Å². The van der Waals surface area contributed by atoms with E-state index >= 15 is 0 Å². The number of benzene rings is 2. The van der Waals surface area contributed by atoms with E-state index in [1.807, 2.05) is 18.5 Å². The molecule has 2 heterocycles. The molecule has 0 atom stereocenters. The van der Waals surface area contributed by atoms with Crippen LogP contribution < -0.4 is 9.64 Å². The zero-order chi connectivity index (χ0) is 22.8. The summed E-state index contributed by atoms with van der Waals surface area (Å²) in [6.45, 7) is 7.51. The Bertz CT molecular complexity index is 1200. The molecule has 0 saturated heterocycles. The summed E-state index contributed by atoms with van der Waals surface area (Å²) in [5.41, 5.74) is 7.70. The molecule has 0 amide bonds. The fourth-order valence-electron chi connectivity index (χ4n) is 4.67. The van der Waals surface area contributed by atoms with Crippen LogP contribution in [0.1, 0.15) is 55.9 Å². The third-order valence-electron chi connectivity index (χ3n) is 6.58. The maximum absolute atomic E-state index is 6.37. The zero-order valence-corrected chi connectivity index (χ0v) is 19.8. The zero-order valence-electron chi connectivity index (χ0n) is 19.8. The average Bonchev–Trinajstić information content (AvgIpc) is 2.84. The highest BCUT2D eigenvalue weighted by Crippen LogP contribution is 2.34. The molecule has 0 radical (unpaired) electrons. The first-order valence-electron chi connectivity index (χ1n) is 12.0. The van der Waals surface area contributed by atoms with Crippen molar-refractivity contribution in [1.82, 2.24) is 4.98 Å². The number of ether oxygens (including phenoxy) is 1. The van der Waals surface area contributed by atoms with Crippen molar-refractivity contribution in [3.8, 4) is 5.75 Å². The summed E-state index contributed by atoms with van der Waals surface area (Å²) in [4.78, 5) is 6.71. The van der Waals surface area contributed by atoms with Crippen molar-refractivity contribution in [2.75, 3.05) is 11.4 Å². The van der Waals surface area contributed by atoms with Crippen molar-refractivity contribution < 1.29 is 4.74 Å². The number of rotatable bonds is 4. The summed E-state index contributed by atoms with van der Waals surface area (Å²) in [6, 6.07) is 19.5. The van der Waals surface area contributed by atoms with Crippen molar-refractivity contribution in [3.63, 3.8) is 0 Å². The van der Waals surface area contributed by atoms with Crippen molar-refractivity contribution >= 4 is 11.4 Å². The van der Waals surface area contributed by atoms with Crippen LogP contribution in [0, 0.1) is 0 Å². The van der Waals surface area contributed by atoms with Gasteiger partial charge >= 0.3 is 0 Å². The van der Waals surface area contributed by atoms with E-state index in [4.69, 9.17) is 4.74 Å². The van der Waals surface area contributed by atoms with E-state index in [1.165, 1.54) is 41.6 Å². The van der Waals surface area contributed by atoms with Gasteiger partial charge in [0, 0.05) is 36.3 Å². The van der Waals surface area contributed by atoms with E-state index < -0.39 is 0 Å². The molecular weight excluding hydrogens is 404 g/mol. The molecule has 1 aliphatic carbocycles. The van der Waals surface area contributed by atoms with Crippen LogP contribution in [0.25, 0.3) is 5.70 Å². The van der Waals surface area contributed by atoms with Crippen LogP contribution in [0.15, 0.2) is 84.9 Å². The van der Waals surface area contributed by atoms with Crippen molar-refractivity contribution in [1.29, 1.82) is 0 Å². The highest BCUT2D eigenvalue weighted by molar-refractivity contribution is 5.82. The number of fused-ring (bicyclic) bond motifs is 1. The van der Waals surface area contributed by atoms with Gasteiger partial charge in [-0.25, -0.2) is 0 Å². The quantitative estimate of drug-likeness (QED) is 0.437. The van der Waals surface area contributed by atoms with Gasteiger partial charge in [-0.15, -0.1) is 0 Å². The van der Waals surface area contributed by atoms with Crippen LogP contribution in [-0.2, 0) is 18.3 Å². The summed E-state index contributed by atoms with van der Waals surface area (Å²) in [5, 5.41) is 0. The molecule has 0 saturated carbocycles. The topological polar surface area (TPSA) is 25.4 Å². The smallest absolute Gasteiger partial charge is 0.127 e. The molecule has 0 unspecified atom stereocenters. The molecule has 2 aliphatic rings. The molecule has 5 rings (SSSR count). The first-order valence-corrected chi connectivity index (χ1v) is 12.0. The number of anilines is 1. The number of hydrogen-bond acceptors (Lipinski definition) is 3. The highest BCUT2D eigenvalue weighted by Gasteiger charge is 2.21. The maximum atomic E-state index is 6.37. The Morgan fingerprint density at radius 2 is 1.76 bits per heavy atom. The van der Waals surface area contributed by atoms with E-state index in [0.29, 0.717) is 0 Å². The lowest BCUT2D eigenvalue weighted by Crippen LogP contribution is -2.26.